The van der Waals surface area contributed by atoms with Crippen LogP contribution in [0.1, 0.15) is 13.3 Å². The summed E-state index contributed by atoms with van der Waals surface area (Å²) in [6, 6.07) is 9.41. The van der Waals surface area contributed by atoms with Gasteiger partial charge in [-0.2, -0.15) is 0 Å². The minimum atomic E-state index is -0.0563. The molecule has 0 unspecified atom stereocenters. The van der Waals surface area contributed by atoms with Crippen LogP contribution in [0, 0.1) is 0 Å². The second kappa shape index (κ2) is 7.87. The number of hydrogen-bond donors (Lipinski definition) is 1. The summed E-state index contributed by atoms with van der Waals surface area (Å²) in [5.74, 6) is 0.734. The molecule has 1 fully saturated rings. The summed E-state index contributed by atoms with van der Waals surface area (Å²) in [5.41, 5.74) is 0. The van der Waals surface area contributed by atoms with Gasteiger partial charge in [0.05, 0.1) is 32.3 Å². The Balaban J connectivity index is 1.67. The van der Waals surface area contributed by atoms with Gasteiger partial charge in [0, 0.05) is 6.61 Å². The first-order valence-electron chi connectivity index (χ1n) is 6.96. The molecule has 5 heteroatoms. The van der Waals surface area contributed by atoms with Crippen molar-refractivity contribution >= 4 is 5.91 Å². The van der Waals surface area contributed by atoms with Crippen LogP contribution in [0.5, 0.6) is 5.75 Å². The molecule has 0 aromatic heterocycles. The van der Waals surface area contributed by atoms with Crippen molar-refractivity contribution < 1.29 is 19.0 Å². The Morgan fingerprint density at radius 2 is 2.15 bits per heavy atom. The fourth-order valence-electron chi connectivity index (χ4n) is 2.10. The van der Waals surface area contributed by atoms with Crippen LogP contribution in [0.15, 0.2) is 30.3 Å². The van der Waals surface area contributed by atoms with Gasteiger partial charge < -0.3 is 19.5 Å². The number of ether oxygens (including phenoxy) is 3. The van der Waals surface area contributed by atoms with Gasteiger partial charge in [-0.25, -0.2) is 0 Å². The summed E-state index contributed by atoms with van der Waals surface area (Å²) < 4.78 is 16.3. The zero-order valence-corrected chi connectivity index (χ0v) is 11.7. The molecule has 0 aliphatic carbocycles. The molecule has 20 heavy (non-hydrogen) atoms. The Hall–Kier alpha value is -1.59. The van der Waals surface area contributed by atoms with Crippen molar-refractivity contribution in [2.75, 3.05) is 26.4 Å². The van der Waals surface area contributed by atoms with Gasteiger partial charge in [0.1, 0.15) is 11.9 Å². The summed E-state index contributed by atoms with van der Waals surface area (Å²) in [4.78, 5) is 11.8. The number of benzene rings is 1. The lowest BCUT2D eigenvalue weighted by molar-refractivity contribution is -0.123. The first-order chi connectivity index (χ1) is 9.79. The quantitative estimate of drug-likeness (QED) is 0.819. The lowest BCUT2D eigenvalue weighted by atomic mass is 10.2. The molecule has 2 atom stereocenters. The van der Waals surface area contributed by atoms with Crippen LogP contribution in [-0.2, 0) is 14.3 Å². The minimum absolute atomic E-state index is 0.0406. The molecule has 1 amide bonds. The Bertz CT molecular complexity index is 410. The Kier molecular flexibility index (Phi) is 5.83. The highest BCUT2D eigenvalue weighted by Gasteiger charge is 2.29. The summed E-state index contributed by atoms with van der Waals surface area (Å²) in [6.07, 6.45) is 0.281. The average molecular weight is 279 g/mol. The first kappa shape index (κ1) is 14.8. The summed E-state index contributed by atoms with van der Waals surface area (Å²) in [5, 5.41) is 2.93. The summed E-state index contributed by atoms with van der Waals surface area (Å²) >= 11 is 0. The van der Waals surface area contributed by atoms with Crippen LogP contribution in [0.2, 0.25) is 0 Å². The second-order valence-corrected chi connectivity index (χ2v) is 4.62. The van der Waals surface area contributed by atoms with E-state index in [0.29, 0.717) is 32.8 Å². The molecule has 110 valence electrons. The van der Waals surface area contributed by atoms with E-state index in [0.717, 1.165) is 5.75 Å². The predicted molar refractivity (Wildman–Crippen MR) is 74.7 cm³/mol. The van der Waals surface area contributed by atoms with Crippen LogP contribution in [0.4, 0.5) is 0 Å². The van der Waals surface area contributed by atoms with Crippen molar-refractivity contribution in [2.45, 2.75) is 25.5 Å². The minimum Gasteiger partial charge on any atom is -0.493 e. The smallest absolute Gasteiger partial charge is 0.223 e. The van der Waals surface area contributed by atoms with Gasteiger partial charge in [-0.1, -0.05) is 18.2 Å². The van der Waals surface area contributed by atoms with Crippen LogP contribution in [0.3, 0.4) is 0 Å². The molecule has 1 N–H and O–H groups in total. The maximum absolute atomic E-state index is 11.8. The van der Waals surface area contributed by atoms with Crippen molar-refractivity contribution in [1.82, 2.24) is 5.32 Å². The lowest BCUT2D eigenvalue weighted by Gasteiger charge is -2.18. The van der Waals surface area contributed by atoms with Crippen molar-refractivity contribution in [1.29, 1.82) is 0 Å². The molecule has 0 spiro atoms. The van der Waals surface area contributed by atoms with E-state index in [1.165, 1.54) is 0 Å². The summed E-state index contributed by atoms with van der Waals surface area (Å²) in [7, 11) is 0. The highest BCUT2D eigenvalue weighted by Crippen LogP contribution is 2.11. The van der Waals surface area contributed by atoms with Gasteiger partial charge in [-0.05, 0) is 19.1 Å². The third kappa shape index (κ3) is 4.51. The normalized spacial score (nSPS) is 21.6. The van der Waals surface area contributed by atoms with E-state index in [9.17, 15) is 4.79 Å². The zero-order chi connectivity index (χ0) is 14.2. The van der Waals surface area contributed by atoms with Crippen LogP contribution >= 0.6 is 0 Å². The van der Waals surface area contributed by atoms with Crippen molar-refractivity contribution in [3.8, 4) is 5.75 Å². The monoisotopic (exact) mass is 279 g/mol. The Labute approximate surface area is 119 Å². The number of amides is 1. The lowest BCUT2D eigenvalue weighted by Crippen LogP contribution is -2.44. The predicted octanol–water partition coefficient (Wildman–Crippen LogP) is 1.38. The van der Waals surface area contributed by atoms with Crippen molar-refractivity contribution in [3.05, 3.63) is 30.3 Å². The van der Waals surface area contributed by atoms with Gasteiger partial charge in [0.2, 0.25) is 5.91 Å². The Morgan fingerprint density at radius 3 is 2.90 bits per heavy atom. The van der Waals surface area contributed by atoms with E-state index in [1.807, 2.05) is 37.3 Å². The number of para-hydroxylation sites is 1. The molecule has 1 aromatic rings. The molecule has 2 rings (SSSR count). The fourth-order valence-corrected chi connectivity index (χ4v) is 2.10. The molecule has 1 aliphatic rings. The first-order valence-corrected chi connectivity index (χ1v) is 6.96. The number of hydrogen-bond acceptors (Lipinski definition) is 4. The van der Waals surface area contributed by atoms with Crippen LogP contribution in [-0.4, -0.2) is 44.5 Å². The maximum atomic E-state index is 11.8. The number of carbonyl (C=O) groups excluding carboxylic acids is 1. The van der Waals surface area contributed by atoms with Gasteiger partial charge >= 0.3 is 0 Å². The van der Waals surface area contributed by atoms with E-state index in [-0.39, 0.29) is 18.1 Å². The van der Waals surface area contributed by atoms with E-state index in [2.05, 4.69) is 5.32 Å². The van der Waals surface area contributed by atoms with E-state index in [4.69, 9.17) is 14.2 Å². The second-order valence-electron chi connectivity index (χ2n) is 4.62. The standard InChI is InChI=1S/C15H21NO4/c1-2-19-14-11-18-10-13(14)16-15(17)8-9-20-12-6-4-3-5-7-12/h3-7,13-14H,2,8-11H2,1H3,(H,16,17)/t13-,14-/m0/s1. The molecule has 0 bridgehead atoms. The van der Waals surface area contributed by atoms with Crippen LogP contribution < -0.4 is 10.1 Å². The molecule has 0 radical (unpaired) electrons. The van der Waals surface area contributed by atoms with Crippen LogP contribution in [0.25, 0.3) is 0 Å². The molecule has 1 aliphatic heterocycles. The Morgan fingerprint density at radius 1 is 1.35 bits per heavy atom. The largest absolute Gasteiger partial charge is 0.493 e. The highest BCUT2D eigenvalue weighted by molar-refractivity contribution is 5.76. The highest BCUT2D eigenvalue weighted by atomic mass is 16.5. The van der Waals surface area contributed by atoms with Gasteiger partial charge in [-0.15, -0.1) is 0 Å². The third-order valence-corrected chi connectivity index (χ3v) is 3.10. The van der Waals surface area contributed by atoms with Gasteiger partial charge in [0.15, 0.2) is 0 Å². The number of rotatable bonds is 7. The maximum Gasteiger partial charge on any atom is 0.223 e. The summed E-state index contributed by atoms with van der Waals surface area (Å²) in [6.45, 7) is 3.97. The van der Waals surface area contributed by atoms with E-state index >= 15 is 0 Å². The zero-order valence-electron chi connectivity index (χ0n) is 11.7. The van der Waals surface area contributed by atoms with Crippen molar-refractivity contribution in [2.24, 2.45) is 0 Å². The molecule has 1 saturated heterocycles. The molecule has 5 nitrogen and oxygen atoms in total. The number of nitrogens with one attached hydrogen (secondary N) is 1. The molecule has 1 aromatic carbocycles. The van der Waals surface area contributed by atoms with Crippen molar-refractivity contribution in [3.63, 3.8) is 0 Å². The van der Waals surface area contributed by atoms with Gasteiger partial charge in [0.25, 0.3) is 0 Å². The average Bonchev–Trinajstić information content (AvgIpc) is 2.88. The van der Waals surface area contributed by atoms with Gasteiger partial charge in [-0.3, -0.25) is 4.79 Å². The third-order valence-electron chi connectivity index (χ3n) is 3.10. The molecular formula is C15H21NO4. The topological polar surface area (TPSA) is 56.8 Å². The van der Waals surface area contributed by atoms with E-state index in [1.54, 1.807) is 0 Å². The van der Waals surface area contributed by atoms with E-state index < -0.39 is 0 Å². The molecule has 1 heterocycles. The fraction of sp³-hybridized carbons (Fsp3) is 0.533. The molecular weight excluding hydrogens is 258 g/mol. The molecule has 0 saturated carbocycles. The number of carbonyl (C=O) groups is 1. The SMILES string of the molecule is CCO[C@H]1COC[C@@H]1NC(=O)CCOc1ccccc1.